The SMILES string of the molecule is Cc1cc(C)c2nc(N(CCn3cccn3)C(=O)c3ccc(N4C(=O)CCC4=O)cc3)sc2c1. The van der Waals surface area contributed by atoms with Crippen LogP contribution < -0.4 is 9.80 Å². The molecule has 1 aliphatic heterocycles. The standard InChI is InChI=1S/C25H23N5O3S/c1-16-14-17(2)23-20(15-16)34-25(27-23)29(13-12-28-11-3-10-26-28)24(33)18-4-6-19(7-5-18)30-21(31)8-9-22(30)32/h3-7,10-11,14-15H,8-9,12-13H2,1-2H3. The van der Waals surface area contributed by atoms with Gasteiger partial charge in [-0.1, -0.05) is 17.4 Å². The Kier molecular flexibility index (Phi) is 5.70. The first-order valence-corrected chi connectivity index (χ1v) is 11.9. The van der Waals surface area contributed by atoms with Crippen LogP contribution >= 0.6 is 11.3 Å². The van der Waals surface area contributed by atoms with Crippen LogP contribution in [-0.4, -0.2) is 39.0 Å². The van der Waals surface area contributed by atoms with Crippen LogP contribution in [0.4, 0.5) is 10.8 Å². The van der Waals surface area contributed by atoms with Gasteiger partial charge in [-0.2, -0.15) is 5.10 Å². The molecule has 0 spiro atoms. The molecule has 5 rings (SSSR count). The molecule has 34 heavy (non-hydrogen) atoms. The highest BCUT2D eigenvalue weighted by Crippen LogP contribution is 2.33. The Balaban J connectivity index is 1.47. The summed E-state index contributed by atoms with van der Waals surface area (Å²) >= 11 is 1.48. The number of hydrogen-bond donors (Lipinski definition) is 0. The fraction of sp³-hybridized carbons (Fsp3) is 0.240. The smallest absolute Gasteiger partial charge is 0.260 e. The maximum absolute atomic E-state index is 13.6. The van der Waals surface area contributed by atoms with Crippen molar-refractivity contribution in [1.29, 1.82) is 0 Å². The van der Waals surface area contributed by atoms with E-state index in [0.29, 0.717) is 29.5 Å². The van der Waals surface area contributed by atoms with Crippen molar-refractivity contribution in [1.82, 2.24) is 14.8 Å². The van der Waals surface area contributed by atoms with E-state index in [1.54, 1.807) is 40.0 Å². The number of rotatable bonds is 6. The number of carbonyl (C=O) groups is 3. The number of anilines is 2. The molecule has 2 aromatic heterocycles. The van der Waals surface area contributed by atoms with Crippen molar-refractivity contribution < 1.29 is 14.4 Å². The summed E-state index contributed by atoms with van der Waals surface area (Å²) in [6.45, 7) is 4.98. The average Bonchev–Trinajstić information content (AvgIpc) is 3.55. The molecule has 0 bridgehead atoms. The minimum atomic E-state index is -0.218. The molecule has 0 radical (unpaired) electrons. The van der Waals surface area contributed by atoms with Crippen molar-refractivity contribution in [2.45, 2.75) is 33.2 Å². The first-order valence-electron chi connectivity index (χ1n) is 11.0. The predicted molar refractivity (Wildman–Crippen MR) is 131 cm³/mol. The second-order valence-electron chi connectivity index (χ2n) is 8.32. The molecule has 3 heterocycles. The van der Waals surface area contributed by atoms with Crippen molar-refractivity contribution in [3.8, 4) is 0 Å². The number of amides is 3. The van der Waals surface area contributed by atoms with Crippen molar-refractivity contribution in [3.05, 3.63) is 71.5 Å². The van der Waals surface area contributed by atoms with Crippen LogP contribution in [0, 0.1) is 13.8 Å². The summed E-state index contributed by atoms with van der Waals surface area (Å²) in [4.78, 5) is 45.4. The summed E-state index contributed by atoms with van der Waals surface area (Å²) in [7, 11) is 0. The molecule has 9 heteroatoms. The lowest BCUT2D eigenvalue weighted by molar-refractivity contribution is -0.121. The monoisotopic (exact) mass is 473 g/mol. The topological polar surface area (TPSA) is 88.4 Å². The normalized spacial score (nSPS) is 13.8. The van der Waals surface area contributed by atoms with Gasteiger partial charge in [0.05, 0.1) is 22.4 Å². The van der Waals surface area contributed by atoms with Crippen LogP contribution in [0.15, 0.2) is 54.9 Å². The van der Waals surface area contributed by atoms with Crippen LogP contribution in [-0.2, 0) is 16.1 Å². The maximum Gasteiger partial charge on any atom is 0.260 e. The highest BCUT2D eigenvalue weighted by atomic mass is 32.1. The van der Waals surface area contributed by atoms with Crippen LogP contribution in [0.2, 0.25) is 0 Å². The molecule has 2 aromatic carbocycles. The Bertz CT molecular complexity index is 1380. The minimum Gasteiger partial charge on any atom is -0.282 e. The fourth-order valence-electron chi connectivity index (χ4n) is 4.17. The molecule has 1 saturated heterocycles. The lowest BCUT2D eigenvalue weighted by atomic mass is 10.1. The van der Waals surface area contributed by atoms with Crippen LogP contribution in [0.25, 0.3) is 10.2 Å². The van der Waals surface area contributed by atoms with Crippen LogP contribution in [0.1, 0.15) is 34.3 Å². The van der Waals surface area contributed by atoms with Gasteiger partial charge in [0, 0.05) is 37.3 Å². The van der Waals surface area contributed by atoms with Gasteiger partial charge in [0.2, 0.25) is 11.8 Å². The number of aryl methyl sites for hydroxylation is 2. The summed E-state index contributed by atoms with van der Waals surface area (Å²) in [5.74, 6) is -0.638. The Labute approximate surface area is 200 Å². The van der Waals surface area contributed by atoms with E-state index in [2.05, 4.69) is 17.2 Å². The Hall–Kier alpha value is -3.85. The van der Waals surface area contributed by atoms with E-state index in [9.17, 15) is 14.4 Å². The van der Waals surface area contributed by atoms with E-state index in [4.69, 9.17) is 4.98 Å². The van der Waals surface area contributed by atoms with E-state index in [-0.39, 0.29) is 30.6 Å². The molecule has 1 fully saturated rings. The van der Waals surface area contributed by atoms with Crippen molar-refractivity contribution in [3.63, 3.8) is 0 Å². The zero-order chi connectivity index (χ0) is 23.8. The van der Waals surface area contributed by atoms with E-state index in [1.807, 2.05) is 26.1 Å². The molecule has 4 aromatic rings. The molecular weight excluding hydrogens is 450 g/mol. The highest BCUT2D eigenvalue weighted by Gasteiger charge is 2.30. The highest BCUT2D eigenvalue weighted by molar-refractivity contribution is 7.22. The number of nitrogens with zero attached hydrogens (tertiary/aromatic N) is 5. The summed E-state index contributed by atoms with van der Waals surface area (Å²) < 4.78 is 2.81. The molecule has 172 valence electrons. The fourth-order valence-corrected chi connectivity index (χ4v) is 5.33. The third-order valence-electron chi connectivity index (χ3n) is 5.83. The lowest BCUT2D eigenvalue weighted by Crippen LogP contribution is -2.34. The Morgan fingerprint density at radius 2 is 1.82 bits per heavy atom. The number of aromatic nitrogens is 3. The summed E-state index contributed by atoms with van der Waals surface area (Å²) in [6.07, 6.45) is 4.00. The molecule has 0 saturated carbocycles. The molecule has 3 amide bonds. The van der Waals surface area contributed by atoms with Crippen LogP contribution in [0.5, 0.6) is 0 Å². The van der Waals surface area contributed by atoms with Gasteiger partial charge in [0.1, 0.15) is 0 Å². The molecule has 8 nitrogen and oxygen atoms in total. The predicted octanol–water partition coefficient (Wildman–Crippen LogP) is 4.11. The zero-order valence-electron chi connectivity index (χ0n) is 18.9. The van der Waals surface area contributed by atoms with Gasteiger partial charge in [0.15, 0.2) is 5.13 Å². The van der Waals surface area contributed by atoms with Crippen molar-refractivity contribution in [2.75, 3.05) is 16.3 Å². The van der Waals surface area contributed by atoms with Gasteiger partial charge in [-0.25, -0.2) is 4.98 Å². The number of carbonyl (C=O) groups excluding carboxylic acids is 3. The lowest BCUT2D eigenvalue weighted by Gasteiger charge is -2.20. The molecule has 0 N–H and O–H groups in total. The van der Waals surface area contributed by atoms with E-state index in [1.165, 1.54) is 16.2 Å². The number of thiazole rings is 1. The first-order chi connectivity index (χ1) is 16.4. The average molecular weight is 474 g/mol. The third kappa shape index (κ3) is 4.10. The van der Waals surface area contributed by atoms with E-state index < -0.39 is 0 Å². The second-order valence-corrected chi connectivity index (χ2v) is 9.33. The van der Waals surface area contributed by atoms with Gasteiger partial charge in [-0.15, -0.1) is 0 Å². The van der Waals surface area contributed by atoms with E-state index in [0.717, 1.165) is 21.3 Å². The minimum absolute atomic E-state index is 0.203. The molecule has 1 aliphatic rings. The quantitative estimate of drug-likeness (QED) is 0.393. The molecule has 0 aliphatic carbocycles. The summed E-state index contributed by atoms with van der Waals surface area (Å²) in [5, 5.41) is 4.86. The first kappa shape index (κ1) is 22.0. The summed E-state index contributed by atoms with van der Waals surface area (Å²) in [5.41, 5.74) is 4.05. The molecular formula is C25H23N5O3S. The number of fused-ring (bicyclic) bond motifs is 1. The number of hydrogen-bond acceptors (Lipinski definition) is 6. The largest absolute Gasteiger partial charge is 0.282 e. The molecule has 0 atom stereocenters. The van der Waals surface area contributed by atoms with Crippen molar-refractivity contribution in [2.24, 2.45) is 0 Å². The van der Waals surface area contributed by atoms with Gasteiger partial charge in [-0.3, -0.25) is 28.9 Å². The van der Waals surface area contributed by atoms with Gasteiger partial charge in [0.25, 0.3) is 5.91 Å². The van der Waals surface area contributed by atoms with Gasteiger partial charge >= 0.3 is 0 Å². The Morgan fingerprint density at radius 3 is 2.50 bits per heavy atom. The maximum atomic E-state index is 13.6. The number of imide groups is 1. The van der Waals surface area contributed by atoms with Gasteiger partial charge in [-0.05, 0) is 61.4 Å². The molecule has 0 unspecified atom stereocenters. The zero-order valence-corrected chi connectivity index (χ0v) is 19.7. The van der Waals surface area contributed by atoms with Crippen LogP contribution in [0.3, 0.4) is 0 Å². The summed E-state index contributed by atoms with van der Waals surface area (Å²) in [6, 6.07) is 12.6. The third-order valence-corrected chi connectivity index (χ3v) is 6.86. The second kappa shape index (κ2) is 8.83. The van der Waals surface area contributed by atoms with E-state index >= 15 is 0 Å². The van der Waals surface area contributed by atoms with Gasteiger partial charge < -0.3 is 0 Å². The number of benzene rings is 2. The Morgan fingerprint density at radius 1 is 1.09 bits per heavy atom. The van der Waals surface area contributed by atoms with Crippen molar-refractivity contribution >= 4 is 50.1 Å².